The van der Waals surface area contributed by atoms with E-state index >= 15 is 0 Å². The minimum absolute atomic E-state index is 0.0321. The molecule has 1 N–H and O–H groups in total. The Balaban J connectivity index is 1.41. The Hall–Kier alpha value is -3.02. The molecular weight excluding hydrogens is 344 g/mol. The summed E-state index contributed by atoms with van der Waals surface area (Å²) in [6.07, 6.45) is 2.09. The number of rotatable bonds is 3. The van der Waals surface area contributed by atoms with E-state index in [0.29, 0.717) is 34.2 Å². The van der Waals surface area contributed by atoms with Gasteiger partial charge in [0.25, 0.3) is 11.8 Å². The molecule has 0 spiro atoms. The fourth-order valence-corrected chi connectivity index (χ4v) is 3.34. The molecular formula is C21H22N2O4. The molecule has 4 rings (SSSR count). The highest BCUT2D eigenvalue weighted by atomic mass is 16.7. The summed E-state index contributed by atoms with van der Waals surface area (Å²) in [5, 5.41) is 2.83. The number of carbonyl (C=O) groups excluding carboxylic acids is 2. The third-order valence-electron chi connectivity index (χ3n) is 5.10. The van der Waals surface area contributed by atoms with Gasteiger partial charge in [0.05, 0.1) is 0 Å². The Labute approximate surface area is 158 Å². The van der Waals surface area contributed by atoms with Gasteiger partial charge >= 0.3 is 0 Å². The lowest BCUT2D eigenvalue weighted by molar-refractivity contribution is 0.0697. The zero-order valence-corrected chi connectivity index (χ0v) is 15.2. The zero-order valence-electron chi connectivity index (χ0n) is 15.2. The summed E-state index contributed by atoms with van der Waals surface area (Å²) in [7, 11) is 0. The number of likely N-dealkylation sites (tertiary alicyclic amines) is 1. The number of nitrogens with one attached hydrogen (secondary N) is 1. The van der Waals surface area contributed by atoms with Crippen molar-refractivity contribution in [2.75, 3.05) is 25.2 Å². The van der Waals surface area contributed by atoms with Gasteiger partial charge in [0.2, 0.25) is 6.79 Å². The number of anilines is 1. The van der Waals surface area contributed by atoms with Crippen LogP contribution in [0.1, 0.15) is 40.5 Å². The number of piperidine rings is 1. The fraction of sp³-hybridized carbons (Fsp3) is 0.333. The molecule has 2 amide bonds. The van der Waals surface area contributed by atoms with Gasteiger partial charge < -0.3 is 19.7 Å². The van der Waals surface area contributed by atoms with Crippen molar-refractivity contribution >= 4 is 17.5 Å². The van der Waals surface area contributed by atoms with Crippen molar-refractivity contribution < 1.29 is 19.1 Å². The smallest absolute Gasteiger partial charge is 0.255 e. The molecule has 0 radical (unpaired) electrons. The van der Waals surface area contributed by atoms with Gasteiger partial charge in [0.1, 0.15) is 0 Å². The third kappa shape index (κ3) is 3.74. The fourth-order valence-electron chi connectivity index (χ4n) is 3.34. The van der Waals surface area contributed by atoms with Crippen LogP contribution in [-0.2, 0) is 0 Å². The molecule has 2 aliphatic rings. The Morgan fingerprint density at radius 3 is 2.37 bits per heavy atom. The van der Waals surface area contributed by atoms with Crippen LogP contribution in [0.25, 0.3) is 0 Å². The van der Waals surface area contributed by atoms with Gasteiger partial charge in [-0.1, -0.05) is 6.92 Å². The molecule has 27 heavy (non-hydrogen) atoms. The van der Waals surface area contributed by atoms with Gasteiger partial charge in [0.15, 0.2) is 11.5 Å². The van der Waals surface area contributed by atoms with E-state index in [4.69, 9.17) is 9.47 Å². The van der Waals surface area contributed by atoms with Crippen molar-refractivity contribution in [3.8, 4) is 11.5 Å². The Kier molecular flexibility index (Phi) is 4.71. The number of benzene rings is 2. The van der Waals surface area contributed by atoms with Crippen LogP contribution in [0.2, 0.25) is 0 Å². The van der Waals surface area contributed by atoms with Gasteiger partial charge in [-0.2, -0.15) is 0 Å². The van der Waals surface area contributed by atoms with E-state index in [2.05, 4.69) is 12.2 Å². The molecule has 6 nitrogen and oxygen atoms in total. The third-order valence-corrected chi connectivity index (χ3v) is 5.10. The second kappa shape index (κ2) is 7.31. The van der Waals surface area contributed by atoms with Crippen LogP contribution < -0.4 is 14.8 Å². The van der Waals surface area contributed by atoms with E-state index < -0.39 is 0 Å². The lowest BCUT2D eigenvalue weighted by atomic mass is 9.98. The van der Waals surface area contributed by atoms with Gasteiger partial charge in [-0.25, -0.2) is 0 Å². The average Bonchev–Trinajstić information content (AvgIpc) is 3.16. The van der Waals surface area contributed by atoms with Gasteiger partial charge in [-0.05, 0) is 55.2 Å². The van der Waals surface area contributed by atoms with Crippen molar-refractivity contribution in [2.45, 2.75) is 19.8 Å². The van der Waals surface area contributed by atoms with Gasteiger partial charge in [-0.15, -0.1) is 0 Å². The summed E-state index contributed by atoms with van der Waals surface area (Å²) in [5.41, 5.74) is 1.74. The standard InChI is InChI=1S/C21H22N2O4/c1-14-8-10-23(11-9-14)21(25)16-4-2-15(3-5-16)20(24)22-17-6-7-18-19(12-17)27-13-26-18/h2-7,12,14H,8-11,13H2,1H3,(H,22,24). The number of carbonyl (C=O) groups is 2. The molecule has 0 bridgehead atoms. The van der Waals surface area contributed by atoms with Gasteiger partial charge in [0, 0.05) is 36.0 Å². The maximum Gasteiger partial charge on any atom is 0.255 e. The number of hydrogen-bond acceptors (Lipinski definition) is 4. The van der Waals surface area contributed by atoms with E-state index in [0.717, 1.165) is 25.9 Å². The molecule has 2 aliphatic heterocycles. The van der Waals surface area contributed by atoms with Crippen molar-refractivity contribution in [1.82, 2.24) is 4.90 Å². The van der Waals surface area contributed by atoms with Crippen LogP contribution in [0.3, 0.4) is 0 Å². The van der Waals surface area contributed by atoms with Gasteiger partial charge in [-0.3, -0.25) is 9.59 Å². The van der Waals surface area contributed by atoms with Crippen molar-refractivity contribution in [3.05, 3.63) is 53.6 Å². The number of amides is 2. The summed E-state index contributed by atoms with van der Waals surface area (Å²) in [4.78, 5) is 26.9. The largest absolute Gasteiger partial charge is 0.454 e. The number of ether oxygens (including phenoxy) is 2. The monoisotopic (exact) mass is 366 g/mol. The maximum atomic E-state index is 12.6. The van der Waals surface area contributed by atoms with E-state index in [-0.39, 0.29) is 18.6 Å². The van der Waals surface area contributed by atoms with Crippen molar-refractivity contribution in [2.24, 2.45) is 5.92 Å². The molecule has 2 aromatic carbocycles. The molecule has 0 atom stereocenters. The molecule has 0 aromatic heterocycles. The summed E-state index contributed by atoms with van der Waals surface area (Å²) < 4.78 is 10.6. The van der Waals surface area contributed by atoms with E-state index in [1.165, 1.54) is 0 Å². The maximum absolute atomic E-state index is 12.6. The Bertz CT molecular complexity index is 855. The molecule has 1 fully saturated rings. The molecule has 1 saturated heterocycles. The number of nitrogens with zero attached hydrogens (tertiary/aromatic N) is 1. The molecule has 0 saturated carbocycles. The summed E-state index contributed by atoms with van der Waals surface area (Å²) in [6.45, 7) is 4.01. The van der Waals surface area contributed by atoms with E-state index in [9.17, 15) is 9.59 Å². The lowest BCUT2D eigenvalue weighted by Gasteiger charge is -2.30. The highest BCUT2D eigenvalue weighted by molar-refractivity contribution is 6.05. The SMILES string of the molecule is CC1CCN(C(=O)c2ccc(C(=O)Nc3ccc4c(c3)OCO4)cc2)CC1. The van der Waals surface area contributed by atoms with Crippen LogP contribution in [0.5, 0.6) is 11.5 Å². The molecule has 2 aromatic rings. The second-order valence-corrected chi connectivity index (χ2v) is 7.07. The minimum Gasteiger partial charge on any atom is -0.454 e. The molecule has 6 heteroatoms. The Morgan fingerprint density at radius 1 is 0.963 bits per heavy atom. The predicted molar refractivity (Wildman–Crippen MR) is 101 cm³/mol. The first kappa shape index (κ1) is 17.4. The summed E-state index contributed by atoms with van der Waals surface area (Å²) in [6, 6.07) is 12.1. The van der Waals surface area contributed by atoms with Crippen LogP contribution in [0.4, 0.5) is 5.69 Å². The molecule has 0 aliphatic carbocycles. The Morgan fingerprint density at radius 2 is 1.63 bits per heavy atom. The van der Waals surface area contributed by atoms with Crippen molar-refractivity contribution in [1.29, 1.82) is 0 Å². The molecule has 2 heterocycles. The van der Waals surface area contributed by atoms with Crippen molar-refractivity contribution in [3.63, 3.8) is 0 Å². The predicted octanol–water partition coefficient (Wildman–Crippen LogP) is 3.54. The van der Waals surface area contributed by atoms with Crippen LogP contribution >= 0.6 is 0 Å². The topological polar surface area (TPSA) is 67.9 Å². The van der Waals surface area contributed by atoms with Crippen LogP contribution in [0.15, 0.2) is 42.5 Å². The van der Waals surface area contributed by atoms with Crippen LogP contribution in [0, 0.1) is 5.92 Å². The van der Waals surface area contributed by atoms with Crippen LogP contribution in [-0.4, -0.2) is 36.6 Å². The average molecular weight is 366 g/mol. The first-order chi connectivity index (χ1) is 13.1. The van der Waals surface area contributed by atoms with E-state index in [1.54, 1.807) is 42.5 Å². The highest BCUT2D eigenvalue weighted by Gasteiger charge is 2.21. The highest BCUT2D eigenvalue weighted by Crippen LogP contribution is 2.34. The second-order valence-electron chi connectivity index (χ2n) is 7.07. The minimum atomic E-state index is -0.236. The first-order valence-corrected chi connectivity index (χ1v) is 9.20. The lowest BCUT2D eigenvalue weighted by Crippen LogP contribution is -2.37. The quantitative estimate of drug-likeness (QED) is 0.902. The molecule has 0 unspecified atom stereocenters. The zero-order chi connectivity index (χ0) is 18.8. The number of hydrogen-bond donors (Lipinski definition) is 1. The summed E-state index contributed by atoms with van der Waals surface area (Å²) in [5.74, 6) is 1.76. The number of fused-ring (bicyclic) bond motifs is 1. The first-order valence-electron chi connectivity index (χ1n) is 9.20. The molecule has 140 valence electrons. The normalized spacial score (nSPS) is 16.3. The summed E-state index contributed by atoms with van der Waals surface area (Å²) >= 11 is 0. The van der Waals surface area contributed by atoms with E-state index in [1.807, 2.05) is 4.90 Å².